The SMILES string of the molecule is O=C(Nc1nccs1)C(CC1CCCCC1)N1CCN(C(=O)Nc2ccc3c(c2)OCCO3)CC1=O. The van der Waals surface area contributed by atoms with Gasteiger partial charge in [-0.1, -0.05) is 32.1 Å². The second-order valence-electron chi connectivity index (χ2n) is 9.38. The van der Waals surface area contributed by atoms with Crippen molar-refractivity contribution in [2.45, 2.75) is 44.6 Å². The van der Waals surface area contributed by atoms with Crippen molar-refractivity contribution in [1.82, 2.24) is 14.8 Å². The van der Waals surface area contributed by atoms with Crippen LogP contribution < -0.4 is 20.1 Å². The first-order chi connectivity index (χ1) is 17.6. The van der Waals surface area contributed by atoms with E-state index in [9.17, 15) is 14.4 Å². The zero-order valence-electron chi connectivity index (χ0n) is 20.1. The van der Waals surface area contributed by atoms with Crippen LogP contribution in [0.15, 0.2) is 29.8 Å². The molecule has 2 N–H and O–H groups in total. The molecule has 0 radical (unpaired) electrons. The van der Waals surface area contributed by atoms with Gasteiger partial charge >= 0.3 is 6.03 Å². The van der Waals surface area contributed by atoms with Gasteiger partial charge in [0, 0.05) is 36.4 Å². The molecule has 0 bridgehead atoms. The molecule has 2 aromatic rings. The topological polar surface area (TPSA) is 113 Å². The third kappa shape index (κ3) is 5.72. The molecule has 36 heavy (non-hydrogen) atoms. The maximum atomic E-state index is 13.2. The fraction of sp³-hybridized carbons (Fsp3) is 0.520. The van der Waals surface area contributed by atoms with E-state index in [-0.39, 0.29) is 24.4 Å². The van der Waals surface area contributed by atoms with Crippen molar-refractivity contribution in [2.75, 3.05) is 43.5 Å². The maximum Gasteiger partial charge on any atom is 0.322 e. The summed E-state index contributed by atoms with van der Waals surface area (Å²) < 4.78 is 11.1. The fourth-order valence-electron chi connectivity index (χ4n) is 5.10. The Hall–Kier alpha value is -3.34. The van der Waals surface area contributed by atoms with Crippen LogP contribution in [0.25, 0.3) is 0 Å². The number of hydrogen-bond acceptors (Lipinski definition) is 7. The summed E-state index contributed by atoms with van der Waals surface area (Å²) in [6.45, 7) is 1.51. The number of amides is 4. The van der Waals surface area contributed by atoms with E-state index in [2.05, 4.69) is 15.6 Å². The van der Waals surface area contributed by atoms with Crippen molar-refractivity contribution >= 4 is 40.0 Å². The van der Waals surface area contributed by atoms with Crippen LogP contribution in [0.3, 0.4) is 0 Å². The van der Waals surface area contributed by atoms with Crippen LogP contribution >= 0.6 is 11.3 Å². The number of piperazine rings is 1. The number of urea groups is 1. The lowest BCUT2D eigenvalue weighted by Gasteiger charge is -2.39. The number of ether oxygens (including phenoxy) is 2. The monoisotopic (exact) mass is 513 g/mol. The Morgan fingerprint density at radius 3 is 2.64 bits per heavy atom. The third-order valence-electron chi connectivity index (χ3n) is 6.96. The van der Waals surface area contributed by atoms with Crippen molar-refractivity contribution in [1.29, 1.82) is 0 Å². The minimum atomic E-state index is -0.576. The molecule has 4 amide bonds. The summed E-state index contributed by atoms with van der Waals surface area (Å²) in [4.78, 5) is 46.7. The Bertz CT molecular complexity index is 1090. The molecule has 0 spiro atoms. The van der Waals surface area contributed by atoms with Gasteiger partial charge in [0.1, 0.15) is 25.8 Å². The smallest absolute Gasteiger partial charge is 0.322 e. The number of fused-ring (bicyclic) bond motifs is 1. The van der Waals surface area contributed by atoms with E-state index in [1.165, 1.54) is 22.7 Å². The molecular weight excluding hydrogens is 482 g/mol. The van der Waals surface area contributed by atoms with Crippen LogP contribution in [0.5, 0.6) is 11.5 Å². The third-order valence-corrected chi connectivity index (χ3v) is 7.65. The highest BCUT2D eigenvalue weighted by Gasteiger charge is 2.37. The van der Waals surface area contributed by atoms with E-state index >= 15 is 0 Å². The summed E-state index contributed by atoms with van der Waals surface area (Å²) in [6, 6.07) is 4.27. The second-order valence-corrected chi connectivity index (χ2v) is 10.3. The van der Waals surface area contributed by atoms with Crippen LogP contribution in [0.1, 0.15) is 38.5 Å². The molecule has 3 heterocycles. The van der Waals surface area contributed by atoms with Crippen molar-refractivity contribution in [3.05, 3.63) is 29.8 Å². The minimum absolute atomic E-state index is 0.0813. The molecule has 1 saturated heterocycles. The first-order valence-electron chi connectivity index (χ1n) is 12.5. The standard InChI is InChI=1S/C25H31N5O5S/c31-22-16-29(25(33)27-18-6-7-20-21(15-18)35-12-11-34-20)9-10-30(22)19(14-17-4-2-1-3-5-17)23(32)28-24-26-8-13-36-24/h6-8,13,15,17,19H,1-5,9-12,14,16H2,(H,27,33)(H,26,28,32). The van der Waals surface area contributed by atoms with Gasteiger partial charge in [0.05, 0.1) is 0 Å². The predicted molar refractivity (Wildman–Crippen MR) is 135 cm³/mol. The quantitative estimate of drug-likeness (QED) is 0.611. The first-order valence-corrected chi connectivity index (χ1v) is 13.4. The van der Waals surface area contributed by atoms with E-state index in [1.54, 1.807) is 34.7 Å². The van der Waals surface area contributed by atoms with Crippen molar-refractivity contribution < 1.29 is 23.9 Å². The van der Waals surface area contributed by atoms with Gasteiger partial charge in [-0.15, -0.1) is 11.3 Å². The number of carbonyl (C=O) groups excluding carboxylic acids is 3. The summed E-state index contributed by atoms with van der Waals surface area (Å²) in [5.74, 6) is 1.20. The Labute approximate surface area is 214 Å². The van der Waals surface area contributed by atoms with E-state index in [1.807, 2.05) is 0 Å². The number of nitrogens with zero attached hydrogens (tertiary/aromatic N) is 3. The van der Waals surface area contributed by atoms with Gasteiger partial charge in [0.25, 0.3) is 0 Å². The molecule has 11 heteroatoms. The Morgan fingerprint density at radius 2 is 1.89 bits per heavy atom. The Kier molecular flexibility index (Phi) is 7.55. The summed E-state index contributed by atoms with van der Waals surface area (Å²) in [5.41, 5.74) is 0.567. The molecule has 1 unspecified atom stereocenters. The lowest BCUT2D eigenvalue weighted by Crippen LogP contribution is -2.59. The molecule has 5 rings (SSSR count). The van der Waals surface area contributed by atoms with Crippen molar-refractivity contribution in [3.8, 4) is 11.5 Å². The summed E-state index contributed by atoms with van der Waals surface area (Å²) in [5, 5.41) is 8.05. The molecule has 2 aliphatic heterocycles. The second kappa shape index (κ2) is 11.2. The average molecular weight is 514 g/mol. The summed E-state index contributed by atoms with van der Waals surface area (Å²) >= 11 is 1.35. The molecular formula is C25H31N5O5S. The number of nitrogens with one attached hydrogen (secondary N) is 2. The van der Waals surface area contributed by atoms with Crippen LogP contribution in [0, 0.1) is 5.92 Å². The predicted octanol–water partition coefficient (Wildman–Crippen LogP) is 3.57. The summed E-state index contributed by atoms with van der Waals surface area (Å²) in [6.07, 6.45) is 7.97. The van der Waals surface area contributed by atoms with Gasteiger partial charge < -0.3 is 29.9 Å². The number of thiazole rings is 1. The molecule has 1 aromatic heterocycles. The van der Waals surface area contributed by atoms with Gasteiger partial charge in [-0.25, -0.2) is 9.78 Å². The van der Waals surface area contributed by atoms with Gasteiger partial charge in [-0.2, -0.15) is 0 Å². The zero-order valence-corrected chi connectivity index (χ0v) is 20.9. The number of anilines is 2. The molecule has 1 aromatic carbocycles. The Morgan fingerprint density at radius 1 is 1.08 bits per heavy atom. The highest BCUT2D eigenvalue weighted by atomic mass is 32.1. The molecule has 3 aliphatic rings. The largest absolute Gasteiger partial charge is 0.486 e. The van der Waals surface area contributed by atoms with E-state index in [0.29, 0.717) is 61.0 Å². The van der Waals surface area contributed by atoms with E-state index < -0.39 is 6.04 Å². The molecule has 1 saturated carbocycles. The maximum absolute atomic E-state index is 13.2. The van der Waals surface area contributed by atoms with Gasteiger partial charge in [-0.05, 0) is 24.5 Å². The van der Waals surface area contributed by atoms with E-state index in [0.717, 1.165) is 25.7 Å². The van der Waals surface area contributed by atoms with Crippen LogP contribution in [-0.4, -0.2) is 71.5 Å². The number of rotatable bonds is 6. The van der Waals surface area contributed by atoms with Crippen molar-refractivity contribution in [2.24, 2.45) is 5.92 Å². The number of carbonyl (C=O) groups is 3. The highest BCUT2D eigenvalue weighted by Crippen LogP contribution is 2.33. The highest BCUT2D eigenvalue weighted by molar-refractivity contribution is 7.13. The van der Waals surface area contributed by atoms with Crippen molar-refractivity contribution in [3.63, 3.8) is 0 Å². The fourth-order valence-corrected chi connectivity index (χ4v) is 5.63. The molecule has 10 nitrogen and oxygen atoms in total. The zero-order chi connectivity index (χ0) is 24.9. The number of benzene rings is 1. The van der Waals surface area contributed by atoms with E-state index in [4.69, 9.17) is 9.47 Å². The van der Waals surface area contributed by atoms with Gasteiger partial charge in [-0.3, -0.25) is 9.59 Å². The van der Waals surface area contributed by atoms with Crippen LogP contribution in [0.2, 0.25) is 0 Å². The number of aromatic nitrogens is 1. The lowest BCUT2D eigenvalue weighted by molar-refractivity contribution is -0.142. The molecule has 1 aliphatic carbocycles. The number of hydrogen-bond donors (Lipinski definition) is 2. The lowest BCUT2D eigenvalue weighted by atomic mass is 9.84. The average Bonchev–Trinajstić information content (AvgIpc) is 3.41. The van der Waals surface area contributed by atoms with Crippen LogP contribution in [-0.2, 0) is 9.59 Å². The summed E-state index contributed by atoms with van der Waals surface area (Å²) in [7, 11) is 0. The normalized spacial score (nSPS) is 19.1. The van der Waals surface area contributed by atoms with Gasteiger partial charge in [0.15, 0.2) is 16.6 Å². The first kappa shape index (κ1) is 24.4. The molecule has 1 atom stereocenters. The Balaban J connectivity index is 1.23. The van der Waals surface area contributed by atoms with Crippen LogP contribution in [0.4, 0.5) is 15.6 Å². The van der Waals surface area contributed by atoms with Gasteiger partial charge in [0.2, 0.25) is 11.8 Å². The molecule has 192 valence electrons. The molecule has 2 fully saturated rings. The minimum Gasteiger partial charge on any atom is -0.486 e.